The topological polar surface area (TPSA) is 9.86 Å². The summed E-state index contributed by atoms with van der Waals surface area (Å²) in [4.78, 5) is 0. The van der Waals surface area contributed by atoms with Crippen molar-refractivity contribution in [3.05, 3.63) is 46.9 Å². The second-order valence-corrected chi connectivity index (χ2v) is 5.18. The summed E-state index contributed by atoms with van der Waals surface area (Å²) in [6.45, 7) is 4.33. The van der Waals surface area contributed by atoms with E-state index in [1.165, 1.54) is 30.1 Å². The van der Waals surface area contributed by atoms with Crippen LogP contribution in [0.25, 0.3) is 0 Å². The quantitative estimate of drug-likeness (QED) is 0.669. The van der Waals surface area contributed by atoms with E-state index in [9.17, 15) is 0 Å². The van der Waals surface area contributed by atoms with Crippen molar-refractivity contribution in [1.82, 2.24) is 9.13 Å². The van der Waals surface area contributed by atoms with Crippen LogP contribution in [0.5, 0.6) is 0 Å². The van der Waals surface area contributed by atoms with Crippen molar-refractivity contribution in [1.29, 1.82) is 0 Å². The average Bonchev–Trinajstić information content (AvgIpc) is 2.48. The molecule has 0 aliphatic heterocycles. The minimum Gasteiger partial charge on any atom is -0.329 e. The van der Waals surface area contributed by atoms with Gasteiger partial charge >= 0.3 is 0 Å². The van der Waals surface area contributed by atoms with Crippen molar-refractivity contribution in [2.75, 3.05) is 0 Å². The normalized spacial score (nSPS) is 11.0. The zero-order valence-electron chi connectivity index (χ0n) is 10.2. The minimum atomic E-state index is 1.26. The molecule has 0 N–H and O–H groups in total. The number of nitrogens with zero attached hydrogens (tertiary/aromatic N) is 2. The van der Waals surface area contributed by atoms with Crippen LogP contribution in [0.15, 0.2) is 30.3 Å². The Hall–Kier alpha value is -1.27. The van der Waals surface area contributed by atoms with Crippen LogP contribution in [0, 0.1) is 19.0 Å². The highest BCUT2D eigenvalue weighted by Gasteiger charge is 2.04. The Labute approximate surface area is 98.0 Å². The van der Waals surface area contributed by atoms with Gasteiger partial charge in [-0.3, -0.25) is 0 Å². The summed E-state index contributed by atoms with van der Waals surface area (Å²) in [5, 5.41) is 2.65. The lowest BCUT2D eigenvalue weighted by Gasteiger charge is -1.97. The van der Waals surface area contributed by atoms with Crippen molar-refractivity contribution in [2.45, 2.75) is 13.8 Å². The van der Waals surface area contributed by atoms with Crippen molar-refractivity contribution in [2.24, 2.45) is 14.1 Å². The third-order valence-electron chi connectivity index (χ3n) is 3.12. The Kier molecular flexibility index (Phi) is 3.02. The molecule has 84 valence electrons. The lowest BCUT2D eigenvalue weighted by molar-refractivity contribution is 0.794. The number of rotatable bonds is 1. The fourth-order valence-electron chi connectivity index (χ4n) is 1.78. The number of hydrogen-bond acceptors (Lipinski definition) is 0. The summed E-state index contributed by atoms with van der Waals surface area (Å²) in [6.07, 6.45) is 0. The maximum atomic E-state index is 2.27. The summed E-state index contributed by atoms with van der Waals surface area (Å²) in [5.74, 6) is 0. The van der Waals surface area contributed by atoms with Crippen molar-refractivity contribution in [3.63, 3.8) is 0 Å². The zero-order valence-corrected chi connectivity index (χ0v) is 11.1. The van der Waals surface area contributed by atoms with Gasteiger partial charge in [0, 0.05) is 30.8 Å². The molecule has 3 heteroatoms. The molecule has 2 nitrogen and oxygen atoms in total. The molecular weight excluding hydrogens is 215 g/mol. The lowest BCUT2D eigenvalue weighted by atomic mass is 10.4. The first-order valence-electron chi connectivity index (χ1n) is 5.40. The van der Waals surface area contributed by atoms with E-state index >= 15 is 0 Å². The Morgan fingerprint density at radius 3 is 1.88 bits per heavy atom. The molecule has 16 heavy (non-hydrogen) atoms. The van der Waals surface area contributed by atoms with Crippen LogP contribution >= 0.6 is 8.20 Å². The molecule has 0 radical (unpaired) electrons. The first-order chi connectivity index (χ1) is 7.61. The van der Waals surface area contributed by atoms with Crippen molar-refractivity contribution >= 4 is 13.5 Å². The highest BCUT2D eigenvalue weighted by molar-refractivity contribution is 7.38. The van der Waals surface area contributed by atoms with E-state index in [1.807, 2.05) is 0 Å². The van der Waals surface area contributed by atoms with E-state index in [4.69, 9.17) is 0 Å². The summed E-state index contributed by atoms with van der Waals surface area (Å²) < 4.78 is 4.54. The van der Waals surface area contributed by atoms with E-state index in [0.29, 0.717) is 0 Å². The summed E-state index contributed by atoms with van der Waals surface area (Å²) in [5.41, 5.74) is 2.67. The highest BCUT2D eigenvalue weighted by Crippen LogP contribution is 2.13. The van der Waals surface area contributed by atoms with E-state index in [0.717, 1.165) is 0 Å². The fourth-order valence-corrected chi connectivity index (χ4v) is 2.93. The molecule has 1 aromatic carbocycles. The molecule has 2 rings (SSSR count). The highest BCUT2D eigenvalue weighted by atomic mass is 31.1. The molecule has 0 spiro atoms. The number of imidazole rings is 1. The lowest BCUT2D eigenvalue weighted by Crippen LogP contribution is -1.96. The van der Waals surface area contributed by atoms with Gasteiger partial charge in [-0.05, 0) is 22.1 Å². The van der Waals surface area contributed by atoms with Crippen LogP contribution in [0.4, 0.5) is 0 Å². The van der Waals surface area contributed by atoms with Gasteiger partial charge in [0.1, 0.15) is 5.20 Å². The van der Waals surface area contributed by atoms with Crippen LogP contribution in [-0.2, 0) is 14.1 Å². The van der Waals surface area contributed by atoms with Crippen LogP contribution in [-0.4, -0.2) is 9.13 Å². The molecule has 0 fully saturated rings. The second kappa shape index (κ2) is 4.31. The molecular formula is C13H17N2P. The Morgan fingerprint density at radius 1 is 0.875 bits per heavy atom. The molecule has 0 saturated carbocycles. The second-order valence-electron chi connectivity index (χ2n) is 4.04. The molecule has 0 atom stereocenters. The van der Waals surface area contributed by atoms with Gasteiger partial charge in [0.05, 0.1) is 0 Å². The van der Waals surface area contributed by atoms with E-state index < -0.39 is 0 Å². The average molecular weight is 232 g/mol. The molecule has 1 heterocycles. The standard InChI is InChI=1S/C13H17N2P/c1-10-11(2)15(4)13(14(10)3)16-12-8-6-5-7-9-12/h5-9H,1-4H3. The van der Waals surface area contributed by atoms with E-state index in [2.05, 4.69) is 67.4 Å². The predicted molar refractivity (Wildman–Crippen MR) is 70.1 cm³/mol. The van der Waals surface area contributed by atoms with Gasteiger partial charge in [-0.15, -0.1) is 0 Å². The van der Waals surface area contributed by atoms with Crippen LogP contribution in [0.1, 0.15) is 11.4 Å². The third-order valence-corrected chi connectivity index (χ3v) is 4.47. The smallest absolute Gasteiger partial charge is 0.140 e. The monoisotopic (exact) mass is 232 g/mol. The molecule has 2 aromatic rings. The molecule has 0 unspecified atom stereocenters. The maximum Gasteiger partial charge on any atom is 0.140 e. The first-order valence-corrected chi connectivity index (χ1v) is 6.29. The van der Waals surface area contributed by atoms with Crippen molar-refractivity contribution in [3.8, 4) is 0 Å². The summed E-state index contributed by atoms with van der Waals surface area (Å²) >= 11 is 0. The zero-order chi connectivity index (χ0) is 11.7. The van der Waals surface area contributed by atoms with Crippen LogP contribution in [0.2, 0.25) is 0 Å². The van der Waals surface area contributed by atoms with Crippen LogP contribution in [0.3, 0.4) is 0 Å². The summed E-state index contributed by atoms with van der Waals surface area (Å²) in [6, 6.07) is 10.6. The fraction of sp³-hybridized carbons (Fsp3) is 0.308. The SMILES string of the molecule is Cc1c(C)n(C)c(=Pc2ccccc2)n1C. The minimum absolute atomic E-state index is 1.26. The predicted octanol–water partition coefficient (Wildman–Crippen LogP) is 2.78. The van der Waals surface area contributed by atoms with Gasteiger partial charge in [-0.25, -0.2) is 0 Å². The Morgan fingerprint density at radius 2 is 1.38 bits per heavy atom. The molecule has 0 saturated heterocycles. The largest absolute Gasteiger partial charge is 0.329 e. The summed E-state index contributed by atoms with van der Waals surface area (Å²) in [7, 11) is 5.52. The van der Waals surface area contributed by atoms with Gasteiger partial charge in [-0.1, -0.05) is 30.3 Å². The van der Waals surface area contributed by atoms with Gasteiger partial charge in [-0.2, -0.15) is 0 Å². The maximum absolute atomic E-state index is 2.27. The van der Waals surface area contributed by atoms with Gasteiger partial charge in [0.25, 0.3) is 0 Å². The first kappa shape index (κ1) is 11.2. The van der Waals surface area contributed by atoms with Crippen LogP contribution < -0.4 is 5.30 Å². The number of aromatic nitrogens is 2. The van der Waals surface area contributed by atoms with Gasteiger partial charge < -0.3 is 9.13 Å². The van der Waals surface area contributed by atoms with E-state index in [-0.39, 0.29) is 0 Å². The molecule has 0 aliphatic carbocycles. The molecule has 0 bridgehead atoms. The Balaban J connectivity index is 2.66. The number of benzene rings is 1. The third kappa shape index (κ3) is 1.85. The molecule has 0 aliphatic rings. The number of hydrogen-bond donors (Lipinski definition) is 0. The van der Waals surface area contributed by atoms with Gasteiger partial charge in [0.15, 0.2) is 0 Å². The van der Waals surface area contributed by atoms with Gasteiger partial charge in [0.2, 0.25) is 0 Å². The molecule has 0 amide bonds. The van der Waals surface area contributed by atoms with Crippen molar-refractivity contribution < 1.29 is 0 Å². The molecule has 1 aromatic heterocycles. The van der Waals surface area contributed by atoms with E-state index in [1.54, 1.807) is 0 Å². The Bertz CT molecular complexity index is 533.